The molecule has 5 rings (SSSR count). The van der Waals surface area contributed by atoms with E-state index in [2.05, 4.69) is 5.32 Å². The molecular formula is C26H24ClN3O3. The molecule has 0 bridgehead atoms. The average molecular weight is 462 g/mol. The van der Waals surface area contributed by atoms with Gasteiger partial charge < -0.3 is 19.2 Å². The van der Waals surface area contributed by atoms with Crippen molar-refractivity contribution in [2.45, 2.75) is 6.42 Å². The van der Waals surface area contributed by atoms with E-state index in [4.69, 9.17) is 23.9 Å². The summed E-state index contributed by atoms with van der Waals surface area (Å²) >= 11 is 0. The van der Waals surface area contributed by atoms with Gasteiger partial charge in [-0.1, -0.05) is 48.5 Å². The molecule has 0 saturated heterocycles. The molecule has 0 atom stereocenters. The lowest BCUT2D eigenvalue weighted by Gasteiger charge is -2.11. The molecule has 0 unspecified atom stereocenters. The number of halogens is 1. The van der Waals surface area contributed by atoms with Crippen LogP contribution in [0.15, 0.2) is 77.2 Å². The molecule has 168 valence electrons. The topological polar surface area (TPSA) is 69.4 Å². The first kappa shape index (κ1) is 22.4. The van der Waals surface area contributed by atoms with E-state index in [0.29, 0.717) is 23.8 Å². The van der Waals surface area contributed by atoms with Crippen molar-refractivity contribution in [1.82, 2.24) is 9.97 Å². The fourth-order valence-corrected chi connectivity index (χ4v) is 3.79. The van der Waals surface area contributed by atoms with E-state index in [0.717, 1.165) is 45.5 Å². The zero-order valence-electron chi connectivity index (χ0n) is 18.4. The summed E-state index contributed by atoms with van der Waals surface area (Å²) in [5, 5.41) is 4.43. The van der Waals surface area contributed by atoms with Crippen LogP contribution >= 0.6 is 12.4 Å². The molecule has 0 radical (unpaired) electrons. The highest BCUT2D eigenvalue weighted by Crippen LogP contribution is 2.33. The van der Waals surface area contributed by atoms with Crippen molar-refractivity contribution in [1.29, 1.82) is 0 Å². The van der Waals surface area contributed by atoms with Crippen LogP contribution in [0.5, 0.6) is 11.5 Å². The van der Waals surface area contributed by atoms with Crippen LogP contribution in [-0.2, 0) is 6.42 Å². The number of fused-ring (bicyclic) bond motifs is 3. The summed E-state index contributed by atoms with van der Waals surface area (Å²) in [6.45, 7) is 0.673. The first-order chi connectivity index (χ1) is 15.8. The Balaban J connectivity index is 0.00000259. The van der Waals surface area contributed by atoms with Gasteiger partial charge in [0.15, 0.2) is 28.7 Å². The Kier molecular flexibility index (Phi) is 6.66. The van der Waals surface area contributed by atoms with E-state index in [1.54, 1.807) is 14.2 Å². The van der Waals surface area contributed by atoms with Crippen LogP contribution in [0.1, 0.15) is 5.56 Å². The fraction of sp³-hybridized carbons (Fsp3) is 0.154. The van der Waals surface area contributed by atoms with E-state index in [9.17, 15) is 0 Å². The predicted molar refractivity (Wildman–Crippen MR) is 134 cm³/mol. The summed E-state index contributed by atoms with van der Waals surface area (Å²) < 4.78 is 16.9. The number of hydrogen-bond acceptors (Lipinski definition) is 6. The molecular weight excluding hydrogens is 438 g/mol. The van der Waals surface area contributed by atoms with Crippen LogP contribution in [-0.4, -0.2) is 30.7 Å². The molecule has 0 saturated carbocycles. The first-order valence-corrected chi connectivity index (χ1v) is 10.5. The maximum absolute atomic E-state index is 6.12. The first-order valence-electron chi connectivity index (χ1n) is 10.5. The van der Waals surface area contributed by atoms with Crippen LogP contribution in [0, 0.1) is 0 Å². The minimum Gasteiger partial charge on any atom is -0.493 e. The van der Waals surface area contributed by atoms with Crippen molar-refractivity contribution in [3.8, 4) is 22.9 Å². The molecule has 2 heterocycles. The van der Waals surface area contributed by atoms with Gasteiger partial charge in [0.2, 0.25) is 0 Å². The summed E-state index contributed by atoms with van der Waals surface area (Å²) in [5.74, 6) is 2.79. The van der Waals surface area contributed by atoms with Gasteiger partial charge in [0.25, 0.3) is 0 Å². The number of para-hydroxylation sites is 1. The maximum atomic E-state index is 6.12. The van der Waals surface area contributed by atoms with Crippen LogP contribution in [0.25, 0.3) is 33.5 Å². The van der Waals surface area contributed by atoms with Gasteiger partial charge in [-0.25, -0.2) is 9.97 Å². The minimum absolute atomic E-state index is 0. The molecule has 0 aliphatic carbocycles. The summed E-state index contributed by atoms with van der Waals surface area (Å²) in [6.07, 6.45) is 0.784. The SMILES string of the molecule is COc1ccc(CCNc2nc(-c3ccccc3)nc3c2oc2ccccc23)cc1OC.Cl. The summed E-state index contributed by atoms with van der Waals surface area (Å²) in [5.41, 5.74) is 4.36. The number of anilines is 1. The number of furan rings is 1. The van der Waals surface area contributed by atoms with E-state index in [1.807, 2.05) is 72.8 Å². The van der Waals surface area contributed by atoms with Crippen molar-refractivity contribution in [3.05, 3.63) is 78.4 Å². The second-order valence-corrected chi connectivity index (χ2v) is 7.40. The molecule has 33 heavy (non-hydrogen) atoms. The quantitative estimate of drug-likeness (QED) is 0.314. The van der Waals surface area contributed by atoms with Crippen LogP contribution < -0.4 is 14.8 Å². The average Bonchev–Trinajstić information content (AvgIpc) is 3.23. The van der Waals surface area contributed by atoms with Gasteiger partial charge in [-0.2, -0.15) is 0 Å². The number of nitrogens with one attached hydrogen (secondary N) is 1. The third-order valence-electron chi connectivity index (χ3n) is 5.41. The Morgan fingerprint density at radius 1 is 0.848 bits per heavy atom. The number of methoxy groups -OCH3 is 2. The lowest BCUT2D eigenvalue weighted by Crippen LogP contribution is -2.08. The van der Waals surface area contributed by atoms with Crippen molar-refractivity contribution >= 4 is 40.3 Å². The third kappa shape index (κ3) is 4.43. The molecule has 0 amide bonds. The Bertz CT molecular complexity index is 1390. The zero-order valence-corrected chi connectivity index (χ0v) is 19.2. The van der Waals surface area contributed by atoms with Gasteiger partial charge in [0.05, 0.1) is 14.2 Å². The lowest BCUT2D eigenvalue weighted by molar-refractivity contribution is 0.354. The molecule has 5 aromatic rings. The van der Waals surface area contributed by atoms with Crippen molar-refractivity contribution < 1.29 is 13.9 Å². The van der Waals surface area contributed by atoms with Crippen LogP contribution in [0.4, 0.5) is 5.82 Å². The predicted octanol–water partition coefficient (Wildman–Crippen LogP) is 6.14. The number of nitrogens with zero attached hydrogens (tertiary/aromatic N) is 2. The molecule has 0 spiro atoms. The number of benzene rings is 3. The maximum Gasteiger partial charge on any atom is 0.196 e. The molecule has 6 nitrogen and oxygen atoms in total. The molecule has 0 aliphatic rings. The van der Waals surface area contributed by atoms with Crippen LogP contribution in [0.2, 0.25) is 0 Å². The highest BCUT2D eigenvalue weighted by Gasteiger charge is 2.16. The van der Waals surface area contributed by atoms with E-state index < -0.39 is 0 Å². The minimum atomic E-state index is 0. The largest absolute Gasteiger partial charge is 0.493 e. The van der Waals surface area contributed by atoms with Crippen molar-refractivity contribution in [3.63, 3.8) is 0 Å². The number of rotatable bonds is 7. The molecule has 7 heteroatoms. The van der Waals surface area contributed by atoms with E-state index in [1.165, 1.54) is 0 Å². The van der Waals surface area contributed by atoms with Crippen LogP contribution in [0.3, 0.4) is 0 Å². The standard InChI is InChI=1S/C26H23N3O3.ClH/c1-30-21-13-12-17(16-22(21)31-2)14-15-27-26-24-23(19-10-6-7-11-20(19)32-24)28-25(29-26)18-8-4-3-5-9-18;/h3-13,16H,14-15H2,1-2H3,(H,27,28,29);1H. The second-order valence-electron chi connectivity index (χ2n) is 7.40. The van der Waals surface area contributed by atoms with E-state index >= 15 is 0 Å². The lowest BCUT2D eigenvalue weighted by atomic mass is 10.1. The highest BCUT2D eigenvalue weighted by atomic mass is 35.5. The highest BCUT2D eigenvalue weighted by molar-refractivity contribution is 6.06. The monoisotopic (exact) mass is 461 g/mol. The van der Waals surface area contributed by atoms with Gasteiger partial charge in [-0.3, -0.25) is 0 Å². The fourth-order valence-electron chi connectivity index (χ4n) is 3.79. The molecule has 0 fully saturated rings. The van der Waals surface area contributed by atoms with Gasteiger partial charge in [-0.05, 0) is 36.2 Å². The third-order valence-corrected chi connectivity index (χ3v) is 5.41. The van der Waals surface area contributed by atoms with Gasteiger partial charge in [-0.15, -0.1) is 12.4 Å². The second kappa shape index (κ2) is 9.79. The van der Waals surface area contributed by atoms with Gasteiger partial charge in [0.1, 0.15) is 11.1 Å². The number of ether oxygens (including phenoxy) is 2. The Hall–Kier alpha value is -3.77. The normalized spacial score (nSPS) is 10.7. The van der Waals surface area contributed by atoms with Crippen molar-refractivity contribution in [2.24, 2.45) is 0 Å². The summed E-state index contributed by atoms with van der Waals surface area (Å²) in [4.78, 5) is 9.63. The molecule has 0 aliphatic heterocycles. The van der Waals surface area contributed by atoms with Gasteiger partial charge >= 0.3 is 0 Å². The number of aromatic nitrogens is 2. The summed E-state index contributed by atoms with van der Waals surface area (Å²) in [7, 11) is 3.28. The summed E-state index contributed by atoms with van der Waals surface area (Å²) in [6, 6.07) is 23.9. The van der Waals surface area contributed by atoms with E-state index in [-0.39, 0.29) is 12.4 Å². The Morgan fingerprint density at radius 3 is 2.39 bits per heavy atom. The number of hydrogen-bond donors (Lipinski definition) is 1. The van der Waals surface area contributed by atoms with Gasteiger partial charge in [0, 0.05) is 17.5 Å². The molecule has 2 aromatic heterocycles. The smallest absolute Gasteiger partial charge is 0.196 e. The Morgan fingerprint density at radius 2 is 1.61 bits per heavy atom. The molecule has 1 N–H and O–H groups in total. The molecule has 3 aromatic carbocycles. The van der Waals surface area contributed by atoms with Crippen molar-refractivity contribution in [2.75, 3.05) is 26.1 Å². The Labute approximate surface area is 198 Å². The zero-order chi connectivity index (χ0) is 21.9.